The van der Waals surface area contributed by atoms with Crippen molar-refractivity contribution in [1.82, 2.24) is 0 Å². The zero-order chi connectivity index (χ0) is 59.4. The Bertz CT molecular complexity index is 952. The molecule has 0 fully saturated rings. The van der Waals surface area contributed by atoms with E-state index in [2.05, 4.69) is 83.1 Å². The van der Waals surface area contributed by atoms with Gasteiger partial charge in [0.2, 0.25) is 0 Å². The van der Waals surface area contributed by atoms with Crippen molar-refractivity contribution in [3.05, 3.63) is 0 Å². The van der Waals surface area contributed by atoms with Gasteiger partial charge >= 0.3 is 34.7 Å². The molecule has 0 aliphatic rings. The third-order valence-corrected chi connectivity index (χ3v) is 11.7. The molecular formula is C60H134Al2O13S3. The van der Waals surface area contributed by atoms with Gasteiger partial charge < -0.3 is 32.8 Å². The molecule has 0 aromatic rings. The SMILES string of the molecule is CCCCCCCCCC.CCCCCCCCCC.CCCCCCCCCC.CCCCCCCCCC.CCCCCCCCCC.CCCCCCCCCC.O.O=S(=O)([O-])[O-].O=S(=O)([O-])[O-].O=S(=O)([O-])[O-].[Al+3].[Al+3]. The van der Waals surface area contributed by atoms with Crippen molar-refractivity contribution in [2.24, 2.45) is 0 Å². The van der Waals surface area contributed by atoms with Crippen LogP contribution in [0.5, 0.6) is 0 Å². The Labute approximate surface area is 511 Å². The first-order valence-electron chi connectivity index (χ1n) is 31.5. The van der Waals surface area contributed by atoms with Crippen LogP contribution in [0.2, 0.25) is 0 Å². The molecule has 78 heavy (non-hydrogen) atoms. The molecule has 476 valence electrons. The van der Waals surface area contributed by atoms with E-state index in [0.717, 1.165) is 0 Å². The molecule has 0 aromatic carbocycles. The van der Waals surface area contributed by atoms with Gasteiger partial charge in [0.15, 0.2) is 0 Å². The summed E-state index contributed by atoms with van der Waals surface area (Å²) in [6.45, 7) is 27.2. The Morgan fingerprint density at radius 3 is 0.244 bits per heavy atom. The third-order valence-electron chi connectivity index (χ3n) is 11.7. The van der Waals surface area contributed by atoms with Gasteiger partial charge in [0.1, 0.15) is 0 Å². The molecule has 0 unspecified atom stereocenters. The molecule has 0 saturated carbocycles. The Kier molecular flexibility index (Phi) is 141. The molecule has 0 saturated heterocycles. The maximum atomic E-state index is 8.52. The second-order valence-corrected chi connectivity index (χ2v) is 22.4. The van der Waals surface area contributed by atoms with Crippen LogP contribution in [0.15, 0.2) is 0 Å². The van der Waals surface area contributed by atoms with E-state index < -0.39 is 31.2 Å². The monoisotopic (exact) mass is 1210 g/mol. The molecule has 0 spiro atoms. The molecule has 0 amide bonds. The molecule has 0 aromatic heterocycles. The topological polar surface area (TPSA) is 272 Å². The van der Waals surface area contributed by atoms with E-state index in [1.54, 1.807) is 0 Å². The van der Waals surface area contributed by atoms with Gasteiger partial charge in [0, 0.05) is 31.2 Å². The fraction of sp³-hybridized carbons (Fsp3) is 1.00. The van der Waals surface area contributed by atoms with Crippen LogP contribution in [-0.2, 0) is 31.2 Å². The zero-order valence-electron chi connectivity index (χ0n) is 53.7. The van der Waals surface area contributed by atoms with Crippen LogP contribution in [0.4, 0.5) is 0 Å². The molecular weight excluding hydrogens is 1080 g/mol. The van der Waals surface area contributed by atoms with Crippen molar-refractivity contribution in [2.75, 3.05) is 0 Å². The summed E-state index contributed by atoms with van der Waals surface area (Å²) in [6.07, 6.45) is 68.8. The van der Waals surface area contributed by atoms with Gasteiger partial charge in [-0.1, -0.05) is 391 Å². The summed E-state index contributed by atoms with van der Waals surface area (Å²) in [7, 11) is -15.5. The molecule has 0 aliphatic carbocycles. The van der Waals surface area contributed by atoms with Crippen LogP contribution >= 0.6 is 0 Å². The smallest absolute Gasteiger partial charge is 0.759 e. The summed E-state index contributed by atoms with van der Waals surface area (Å²) in [4.78, 5) is 0. The van der Waals surface area contributed by atoms with Gasteiger partial charge in [0.25, 0.3) is 0 Å². The number of hydrogen-bond donors (Lipinski definition) is 0. The molecule has 0 heterocycles. The summed E-state index contributed by atoms with van der Waals surface area (Å²) >= 11 is 0. The standard InChI is InChI=1S/6C10H22.2Al.3H2O4S.H2O/c6*1-3-5-7-9-10-8-6-4-2;;;3*1-5(2,3)4;/h6*3-10H2,1-2H3;;;3*(H2,1,2,3,4);1H2/q;;;;;;2*+3;;;;/p-6. The van der Waals surface area contributed by atoms with E-state index in [1.165, 1.54) is 308 Å². The van der Waals surface area contributed by atoms with Crippen molar-refractivity contribution >= 4 is 65.9 Å². The fourth-order valence-electron chi connectivity index (χ4n) is 7.24. The largest absolute Gasteiger partial charge is 3.00 e. The van der Waals surface area contributed by atoms with Crippen LogP contribution in [-0.4, -0.2) is 92.8 Å². The van der Waals surface area contributed by atoms with E-state index >= 15 is 0 Å². The van der Waals surface area contributed by atoms with Crippen molar-refractivity contribution in [3.63, 3.8) is 0 Å². The van der Waals surface area contributed by atoms with Crippen LogP contribution in [0.25, 0.3) is 0 Å². The molecule has 0 radical (unpaired) electrons. The van der Waals surface area contributed by atoms with E-state index in [9.17, 15) is 0 Å². The van der Waals surface area contributed by atoms with Crippen molar-refractivity contribution in [3.8, 4) is 0 Å². The molecule has 0 bridgehead atoms. The quantitative estimate of drug-likeness (QED) is 0.0239. The van der Waals surface area contributed by atoms with Crippen LogP contribution in [0, 0.1) is 0 Å². The van der Waals surface area contributed by atoms with Gasteiger partial charge in [-0.3, -0.25) is 25.3 Å². The molecule has 0 aliphatic heterocycles. The van der Waals surface area contributed by atoms with Gasteiger partial charge in [-0.2, -0.15) is 0 Å². The first kappa shape index (κ1) is 107. The predicted octanol–water partition coefficient (Wildman–Crippen LogP) is 19.3. The average Bonchev–Trinajstić information content (AvgIpc) is 3.33. The maximum absolute atomic E-state index is 8.52. The van der Waals surface area contributed by atoms with E-state index in [1.807, 2.05) is 0 Å². The molecule has 0 atom stereocenters. The number of hydrogen-bond acceptors (Lipinski definition) is 12. The van der Waals surface area contributed by atoms with Crippen LogP contribution in [0.3, 0.4) is 0 Å². The Morgan fingerprint density at radius 2 is 0.205 bits per heavy atom. The minimum Gasteiger partial charge on any atom is -0.759 e. The zero-order valence-corrected chi connectivity index (χ0v) is 58.5. The van der Waals surface area contributed by atoms with Crippen molar-refractivity contribution in [1.29, 1.82) is 0 Å². The maximum Gasteiger partial charge on any atom is 3.00 e. The number of unbranched alkanes of at least 4 members (excludes halogenated alkanes) is 42. The summed E-state index contributed by atoms with van der Waals surface area (Å²) in [5.41, 5.74) is 0. The molecule has 18 heteroatoms. The van der Waals surface area contributed by atoms with Gasteiger partial charge in [-0.05, 0) is 0 Å². The van der Waals surface area contributed by atoms with Gasteiger partial charge in [-0.25, -0.2) is 0 Å². The minimum absolute atomic E-state index is 0. The molecule has 2 N–H and O–H groups in total. The Morgan fingerprint density at radius 1 is 0.167 bits per heavy atom. The summed E-state index contributed by atoms with van der Waals surface area (Å²) in [6, 6.07) is 0. The van der Waals surface area contributed by atoms with Crippen LogP contribution in [0.1, 0.15) is 391 Å². The Balaban J connectivity index is -0.0000000633. The van der Waals surface area contributed by atoms with Crippen molar-refractivity contribution < 1.29 is 58.0 Å². The van der Waals surface area contributed by atoms with Gasteiger partial charge in [0.05, 0.1) is 0 Å². The molecule has 0 rings (SSSR count). The first-order chi connectivity index (χ1) is 35.5. The minimum atomic E-state index is -5.17. The van der Waals surface area contributed by atoms with Crippen LogP contribution < -0.4 is 0 Å². The second-order valence-electron chi connectivity index (χ2n) is 20.0. The van der Waals surface area contributed by atoms with E-state index in [-0.39, 0.29) is 40.2 Å². The Hall–Kier alpha value is 0.635. The summed E-state index contributed by atoms with van der Waals surface area (Å²) < 4.78 is 102. The second kappa shape index (κ2) is 103. The predicted molar refractivity (Wildman–Crippen MR) is 336 cm³/mol. The number of rotatable bonds is 42. The summed E-state index contributed by atoms with van der Waals surface area (Å²) in [5.74, 6) is 0. The summed E-state index contributed by atoms with van der Waals surface area (Å²) in [5, 5.41) is 0. The third kappa shape index (κ3) is 241. The first-order valence-corrected chi connectivity index (χ1v) is 35.5. The van der Waals surface area contributed by atoms with E-state index in [0.29, 0.717) is 0 Å². The van der Waals surface area contributed by atoms with Crippen molar-refractivity contribution in [2.45, 2.75) is 391 Å². The normalized spacial score (nSPS) is 10.1. The molecule has 13 nitrogen and oxygen atoms in total. The average molecular weight is 1210 g/mol. The van der Waals surface area contributed by atoms with Gasteiger partial charge in [-0.15, -0.1) is 0 Å². The fourth-order valence-corrected chi connectivity index (χ4v) is 7.24. The van der Waals surface area contributed by atoms with E-state index in [4.69, 9.17) is 52.6 Å².